The Morgan fingerprint density at radius 3 is 2.14 bits per heavy atom. The van der Waals surface area contributed by atoms with Gasteiger partial charge in [-0.15, -0.1) is 0 Å². The van der Waals surface area contributed by atoms with E-state index in [1.165, 1.54) is 6.07 Å². The molecule has 3 aromatic carbocycles. The Hall–Kier alpha value is -3.12. The third-order valence-electron chi connectivity index (χ3n) is 4.25. The van der Waals surface area contributed by atoms with E-state index in [9.17, 15) is 13.2 Å². The zero-order valence-corrected chi connectivity index (χ0v) is 16.5. The van der Waals surface area contributed by atoms with Crippen molar-refractivity contribution in [2.24, 2.45) is 0 Å². The minimum atomic E-state index is -3.41. The average molecular weight is 394 g/mol. The van der Waals surface area contributed by atoms with E-state index in [1.54, 1.807) is 18.2 Å². The lowest BCUT2D eigenvalue weighted by molar-refractivity contribution is 0.0943. The van der Waals surface area contributed by atoms with Crippen LogP contribution in [0, 0.1) is 6.92 Å². The van der Waals surface area contributed by atoms with E-state index in [2.05, 4.69) is 10.0 Å². The third kappa shape index (κ3) is 5.20. The predicted molar refractivity (Wildman–Crippen MR) is 112 cm³/mol. The molecule has 0 spiro atoms. The molecule has 0 saturated heterocycles. The predicted octanol–water partition coefficient (Wildman–Crippen LogP) is 3.89. The Kier molecular flexibility index (Phi) is 5.80. The zero-order chi connectivity index (χ0) is 20.1. The number of benzene rings is 3. The largest absolute Gasteiger partial charge is 0.341 e. The van der Waals surface area contributed by atoms with Crippen LogP contribution in [-0.4, -0.2) is 20.6 Å². The SMILES string of the molecule is Cc1ccc(C(NC(=O)c2cccc(NS(C)(=O)=O)c2)c2ccccc2)cc1. The van der Waals surface area contributed by atoms with Crippen LogP contribution >= 0.6 is 0 Å². The molecule has 1 atom stereocenters. The van der Waals surface area contributed by atoms with Gasteiger partial charge in [-0.05, 0) is 36.2 Å². The number of anilines is 1. The van der Waals surface area contributed by atoms with Gasteiger partial charge in [0.1, 0.15) is 0 Å². The van der Waals surface area contributed by atoms with Crippen LogP contribution < -0.4 is 10.0 Å². The van der Waals surface area contributed by atoms with Gasteiger partial charge in [0.05, 0.1) is 12.3 Å². The zero-order valence-electron chi connectivity index (χ0n) is 15.7. The van der Waals surface area contributed by atoms with Crippen molar-refractivity contribution in [2.45, 2.75) is 13.0 Å². The van der Waals surface area contributed by atoms with Crippen LogP contribution in [0.15, 0.2) is 78.9 Å². The Bertz CT molecular complexity index is 1060. The smallest absolute Gasteiger partial charge is 0.252 e. The normalized spacial score (nSPS) is 12.2. The molecule has 144 valence electrons. The maximum atomic E-state index is 12.9. The minimum Gasteiger partial charge on any atom is -0.341 e. The molecule has 1 amide bonds. The molecule has 3 aromatic rings. The Morgan fingerprint density at radius 2 is 1.50 bits per heavy atom. The summed E-state index contributed by atoms with van der Waals surface area (Å²) in [5, 5.41) is 3.06. The van der Waals surface area contributed by atoms with Crippen LogP contribution in [0.2, 0.25) is 0 Å². The van der Waals surface area contributed by atoms with E-state index in [1.807, 2.05) is 61.5 Å². The summed E-state index contributed by atoms with van der Waals surface area (Å²) in [4.78, 5) is 12.9. The molecule has 28 heavy (non-hydrogen) atoms. The van der Waals surface area contributed by atoms with Crippen molar-refractivity contribution >= 4 is 21.6 Å². The van der Waals surface area contributed by atoms with Gasteiger partial charge in [-0.2, -0.15) is 0 Å². The molecule has 0 saturated carbocycles. The fourth-order valence-electron chi connectivity index (χ4n) is 2.92. The molecular formula is C22H22N2O3S. The molecule has 1 unspecified atom stereocenters. The summed E-state index contributed by atoms with van der Waals surface area (Å²) in [5.41, 5.74) is 3.80. The molecule has 0 aliphatic heterocycles. The molecule has 2 N–H and O–H groups in total. The average Bonchev–Trinajstić information content (AvgIpc) is 2.66. The van der Waals surface area contributed by atoms with Crippen molar-refractivity contribution in [1.29, 1.82) is 0 Å². The Balaban J connectivity index is 1.90. The molecule has 3 rings (SSSR count). The van der Waals surface area contributed by atoms with Crippen molar-refractivity contribution < 1.29 is 13.2 Å². The molecule has 0 bridgehead atoms. The third-order valence-corrected chi connectivity index (χ3v) is 4.85. The molecule has 0 aliphatic carbocycles. The highest BCUT2D eigenvalue weighted by Crippen LogP contribution is 2.23. The van der Waals surface area contributed by atoms with E-state index >= 15 is 0 Å². The number of rotatable bonds is 6. The topological polar surface area (TPSA) is 75.3 Å². The van der Waals surface area contributed by atoms with Crippen molar-refractivity contribution in [1.82, 2.24) is 5.32 Å². The van der Waals surface area contributed by atoms with E-state index < -0.39 is 10.0 Å². The molecule has 0 heterocycles. The number of carbonyl (C=O) groups excluding carboxylic acids is 1. The second kappa shape index (κ2) is 8.27. The van der Waals surface area contributed by atoms with Crippen molar-refractivity contribution in [2.75, 3.05) is 11.0 Å². The van der Waals surface area contributed by atoms with Crippen LogP contribution in [-0.2, 0) is 10.0 Å². The van der Waals surface area contributed by atoms with Crippen molar-refractivity contribution in [3.8, 4) is 0 Å². The van der Waals surface area contributed by atoms with Crippen LogP contribution in [0.3, 0.4) is 0 Å². The number of hydrogen-bond acceptors (Lipinski definition) is 3. The Morgan fingerprint density at radius 1 is 0.857 bits per heavy atom. The fraction of sp³-hybridized carbons (Fsp3) is 0.136. The second-order valence-corrected chi connectivity index (χ2v) is 8.43. The quantitative estimate of drug-likeness (QED) is 0.666. The molecule has 0 aliphatic rings. The summed E-state index contributed by atoms with van der Waals surface area (Å²) in [6, 6.07) is 23.8. The monoisotopic (exact) mass is 394 g/mol. The molecule has 0 aromatic heterocycles. The number of carbonyl (C=O) groups is 1. The number of hydrogen-bond donors (Lipinski definition) is 2. The molecule has 0 fully saturated rings. The maximum Gasteiger partial charge on any atom is 0.252 e. The van der Waals surface area contributed by atoms with Gasteiger partial charge < -0.3 is 5.32 Å². The highest BCUT2D eigenvalue weighted by Gasteiger charge is 2.18. The van der Waals surface area contributed by atoms with Crippen molar-refractivity contribution in [3.05, 3.63) is 101 Å². The maximum absolute atomic E-state index is 12.9. The number of sulfonamides is 1. The van der Waals surface area contributed by atoms with Gasteiger partial charge in [-0.25, -0.2) is 8.42 Å². The van der Waals surface area contributed by atoms with Crippen LogP contribution in [0.4, 0.5) is 5.69 Å². The van der Waals surface area contributed by atoms with E-state index in [0.29, 0.717) is 11.3 Å². The summed E-state index contributed by atoms with van der Waals surface area (Å²) >= 11 is 0. The van der Waals surface area contributed by atoms with Crippen LogP contribution in [0.25, 0.3) is 0 Å². The lowest BCUT2D eigenvalue weighted by Gasteiger charge is -2.20. The van der Waals surface area contributed by atoms with E-state index in [4.69, 9.17) is 0 Å². The summed E-state index contributed by atoms with van der Waals surface area (Å²) in [7, 11) is -3.41. The summed E-state index contributed by atoms with van der Waals surface area (Å²) < 4.78 is 25.3. The first-order chi connectivity index (χ1) is 13.3. The standard InChI is InChI=1S/C22H22N2O3S/c1-16-11-13-18(14-12-16)21(17-7-4-3-5-8-17)23-22(25)19-9-6-10-20(15-19)24-28(2,26)27/h3-15,21,24H,1-2H3,(H,23,25). The number of nitrogens with one attached hydrogen (secondary N) is 2. The van der Waals surface area contributed by atoms with Crippen molar-refractivity contribution in [3.63, 3.8) is 0 Å². The van der Waals surface area contributed by atoms with Crippen LogP contribution in [0.1, 0.15) is 33.1 Å². The summed E-state index contributed by atoms with van der Waals surface area (Å²) in [5.74, 6) is -0.286. The first-order valence-electron chi connectivity index (χ1n) is 8.82. The molecule has 6 heteroatoms. The lowest BCUT2D eigenvalue weighted by atomic mass is 9.97. The molecule has 0 radical (unpaired) electrons. The van der Waals surface area contributed by atoms with Gasteiger partial charge >= 0.3 is 0 Å². The molecule has 5 nitrogen and oxygen atoms in total. The van der Waals surface area contributed by atoms with E-state index in [-0.39, 0.29) is 11.9 Å². The highest BCUT2D eigenvalue weighted by molar-refractivity contribution is 7.92. The van der Waals surface area contributed by atoms with Crippen LogP contribution in [0.5, 0.6) is 0 Å². The highest BCUT2D eigenvalue weighted by atomic mass is 32.2. The van der Waals surface area contributed by atoms with Gasteiger partial charge in [0, 0.05) is 11.3 Å². The Labute approximate surface area is 165 Å². The lowest BCUT2D eigenvalue weighted by Crippen LogP contribution is -2.29. The fourth-order valence-corrected chi connectivity index (χ4v) is 3.47. The van der Waals surface area contributed by atoms with Gasteiger partial charge in [-0.3, -0.25) is 9.52 Å². The first kappa shape index (κ1) is 19.6. The minimum absolute atomic E-state index is 0.286. The van der Waals surface area contributed by atoms with Gasteiger partial charge in [0.25, 0.3) is 5.91 Å². The molecular weight excluding hydrogens is 372 g/mol. The summed E-state index contributed by atoms with van der Waals surface area (Å²) in [6.45, 7) is 2.01. The van der Waals surface area contributed by atoms with Gasteiger partial charge in [0.2, 0.25) is 10.0 Å². The second-order valence-electron chi connectivity index (χ2n) is 6.68. The van der Waals surface area contributed by atoms with Gasteiger partial charge in [-0.1, -0.05) is 66.2 Å². The first-order valence-corrected chi connectivity index (χ1v) is 10.7. The number of amides is 1. The van der Waals surface area contributed by atoms with Gasteiger partial charge in [0.15, 0.2) is 0 Å². The summed E-state index contributed by atoms with van der Waals surface area (Å²) in [6.07, 6.45) is 1.07. The number of aryl methyl sites for hydroxylation is 1. The van der Waals surface area contributed by atoms with E-state index in [0.717, 1.165) is 22.9 Å².